The van der Waals surface area contributed by atoms with Crippen molar-refractivity contribution in [2.45, 2.75) is 18.9 Å². The number of hydrazine groups is 1. The van der Waals surface area contributed by atoms with Crippen molar-refractivity contribution < 1.29 is 14.3 Å². The van der Waals surface area contributed by atoms with Crippen LogP contribution in [0.25, 0.3) is 0 Å². The predicted octanol–water partition coefficient (Wildman–Crippen LogP) is 1.61. The lowest BCUT2D eigenvalue weighted by Gasteiger charge is -2.13. The molecule has 0 spiro atoms. The highest BCUT2D eigenvalue weighted by Crippen LogP contribution is 2.27. The number of carbonyl (C=O) groups excluding carboxylic acids is 1. The standard InChI is InChI=1S/C12H15BrN2O3/c13-10-6-8(12(16)15-14)3-4-11(10)18-7-9-2-1-5-17-9/h3-4,6,9H,1-2,5,7,14H2,(H,15,16). The number of hydrogen-bond acceptors (Lipinski definition) is 4. The smallest absolute Gasteiger partial charge is 0.265 e. The average molecular weight is 315 g/mol. The lowest BCUT2D eigenvalue weighted by atomic mass is 10.2. The molecule has 1 aliphatic heterocycles. The molecule has 2 rings (SSSR count). The van der Waals surface area contributed by atoms with E-state index in [2.05, 4.69) is 21.4 Å². The summed E-state index contributed by atoms with van der Waals surface area (Å²) in [5.41, 5.74) is 2.56. The number of hydrogen-bond donors (Lipinski definition) is 2. The van der Waals surface area contributed by atoms with Crippen molar-refractivity contribution in [3.63, 3.8) is 0 Å². The zero-order chi connectivity index (χ0) is 13.0. The number of nitrogen functional groups attached to an aromatic ring is 1. The van der Waals surface area contributed by atoms with Gasteiger partial charge in [-0.1, -0.05) is 0 Å². The highest BCUT2D eigenvalue weighted by molar-refractivity contribution is 9.10. The molecule has 0 saturated carbocycles. The summed E-state index contributed by atoms with van der Waals surface area (Å²) in [5.74, 6) is 5.43. The molecule has 1 aromatic rings. The van der Waals surface area contributed by atoms with Crippen molar-refractivity contribution in [1.82, 2.24) is 5.43 Å². The fraction of sp³-hybridized carbons (Fsp3) is 0.417. The lowest BCUT2D eigenvalue weighted by molar-refractivity contribution is 0.0677. The Labute approximate surface area is 114 Å². The molecule has 1 unspecified atom stereocenters. The number of nitrogens with two attached hydrogens (primary N) is 1. The van der Waals surface area contributed by atoms with Crippen LogP contribution in [-0.4, -0.2) is 25.2 Å². The Hall–Kier alpha value is -1.11. The van der Waals surface area contributed by atoms with Gasteiger partial charge in [0.05, 0.1) is 10.6 Å². The molecule has 0 aliphatic carbocycles. The molecule has 98 valence electrons. The van der Waals surface area contributed by atoms with Crippen molar-refractivity contribution in [2.24, 2.45) is 5.84 Å². The van der Waals surface area contributed by atoms with E-state index in [4.69, 9.17) is 15.3 Å². The SMILES string of the molecule is NNC(=O)c1ccc(OCC2CCCO2)c(Br)c1. The van der Waals surface area contributed by atoms with E-state index >= 15 is 0 Å². The molecule has 1 heterocycles. The van der Waals surface area contributed by atoms with E-state index < -0.39 is 0 Å². The van der Waals surface area contributed by atoms with E-state index in [9.17, 15) is 4.79 Å². The van der Waals surface area contributed by atoms with Crippen LogP contribution in [0, 0.1) is 0 Å². The number of nitrogens with one attached hydrogen (secondary N) is 1. The van der Waals surface area contributed by atoms with Gasteiger partial charge in [-0.25, -0.2) is 5.84 Å². The summed E-state index contributed by atoms with van der Waals surface area (Å²) >= 11 is 3.37. The van der Waals surface area contributed by atoms with Crippen molar-refractivity contribution in [3.05, 3.63) is 28.2 Å². The summed E-state index contributed by atoms with van der Waals surface area (Å²) in [6.07, 6.45) is 2.29. The Balaban J connectivity index is 1.98. The Morgan fingerprint density at radius 1 is 1.61 bits per heavy atom. The number of benzene rings is 1. The third-order valence-corrected chi connectivity index (χ3v) is 3.39. The van der Waals surface area contributed by atoms with Gasteiger partial charge in [0.1, 0.15) is 12.4 Å². The molecule has 1 atom stereocenters. The maximum atomic E-state index is 11.3. The number of amides is 1. The van der Waals surface area contributed by atoms with E-state index in [1.165, 1.54) is 0 Å². The Kier molecular flexibility index (Phi) is 4.57. The van der Waals surface area contributed by atoms with Gasteiger partial charge in [0, 0.05) is 12.2 Å². The van der Waals surface area contributed by atoms with Crippen LogP contribution in [0.4, 0.5) is 0 Å². The lowest BCUT2D eigenvalue weighted by Crippen LogP contribution is -2.29. The van der Waals surface area contributed by atoms with E-state index in [1.807, 2.05) is 0 Å². The Morgan fingerprint density at radius 2 is 2.44 bits per heavy atom. The molecule has 1 aliphatic rings. The van der Waals surface area contributed by atoms with Crippen LogP contribution in [0.1, 0.15) is 23.2 Å². The fourth-order valence-electron chi connectivity index (χ4n) is 1.80. The summed E-state index contributed by atoms with van der Waals surface area (Å²) in [7, 11) is 0. The topological polar surface area (TPSA) is 73.6 Å². The van der Waals surface area contributed by atoms with Crippen molar-refractivity contribution >= 4 is 21.8 Å². The molecule has 18 heavy (non-hydrogen) atoms. The minimum Gasteiger partial charge on any atom is -0.490 e. The van der Waals surface area contributed by atoms with Gasteiger partial charge in [-0.2, -0.15) is 0 Å². The summed E-state index contributed by atoms with van der Waals surface area (Å²) in [6, 6.07) is 5.08. The second-order valence-electron chi connectivity index (χ2n) is 4.06. The number of carbonyl (C=O) groups is 1. The highest BCUT2D eigenvalue weighted by Gasteiger charge is 2.17. The van der Waals surface area contributed by atoms with E-state index in [0.717, 1.165) is 23.9 Å². The number of ether oxygens (including phenoxy) is 2. The third kappa shape index (κ3) is 3.22. The molecule has 1 fully saturated rings. The molecule has 0 radical (unpaired) electrons. The Morgan fingerprint density at radius 3 is 3.06 bits per heavy atom. The van der Waals surface area contributed by atoms with Gasteiger partial charge in [0.15, 0.2) is 0 Å². The van der Waals surface area contributed by atoms with Crippen molar-refractivity contribution in [3.8, 4) is 5.75 Å². The van der Waals surface area contributed by atoms with Gasteiger partial charge in [0.25, 0.3) is 5.91 Å². The van der Waals surface area contributed by atoms with Gasteiger partial charge in [-0.3, -0.25) is 10.2 Å². The average Bonchev–Trinajstić information content (AvgIpc) is 2.89. The summed E-state index contributed by atoms with van der Waals surface area (Å²) in [4.78, 5) is 11.3. The van der Waals surface area contributed by atoms with Crippen LogP contribution >= 0.6 is 15.9 Å². The van der Waals surface area contributed by atoms with E-state index in [-0.39, 0.29) is 12.0 Å². The molecule has 1 saturated heterocycles. The predicted molar refractivity (Wildman–Crippen MR) is 70.3 cm³/mol. The first-order valence-electron chi connectivity index (χ1n) is 5.75. The van der Waals surface area contributed by atoms with Gasteiger partial charge in [-0.15, -0.1) is 0 Å². The first kappa shape index (κ1) is 13.3. The van der Waals surface area contributed by atoms with E-state index in [0.29, 0.717) is 17.9 Å². The normalized spacial score (nSPS) is 18.7. The zero-order valence-corrected chi connectivity index (χ0v) is 11.4. The van der Waals surface area contributed by atoms with Gasteiger partial charge >= 0.3 is 0 Å². The quantitative estimate of drug-likeness (QED) is 0.503. The molecule has 1 amide bonds. The van der Waals surface area contributed by atoms with Crippen LogP contribution in [0.3, 0.4) is 0 Å². The molecule has 1 aromatic carbocycles. The minimum absolute atomic E-state index is 0.170. The molecule has 0 aromatic heterocycles. The Bertz CT molecular complexity index is 433. The van der Waals surface area contributed by atoms with Gasteiger partial charge < -0.3 is 9.47 Å². The molecule has 3 N–H and O–H groups in total. The highest BCUT2D eigenvalue weighted by atomic mass is 79.9. The number of halogens is 1. The monoisotopic (exact) mass is 314 g/mol. The first-order valence-corrected chi connectivity index (χ1v) is 6.55. The van der Waals surface area contributed by atoms with Crippen LogP contribution in [0.2, 0.25) is 0 Å². The van der Waals surface area contributed by atoms with Crippen LogP contribution in [0.15, 0.2) is 22.7 Å². The van der Waals surface area contributed by atoms with Gasteiger partial charge in [-0.05, 0) is 47.0 Å². The van der Waals surface area contributed by atoms with Crippen LogP contribution in [0.5, 0.6) is 5.75 Å². The molecule has 5 nitrogen and oxygen atoms in total. The minimum atomic E-state index is -0.332. The van der Waals surface area contributed by atoms with Gasteiger partial charge in [0.2, 0.25) is 0 Å². The zero-order valence-electron chi connectivity index (χ0n) is 9.82. The molecular weight excluding hydrogens is 300 g/mol. The second kappa shape index (κ2) is 6.17. The van der Waals surface area contributed by atoms with Crippen LogP contribution < -0.4 is 16.0 Å². The fourth-order valence-corrected chi connectivity index (χ4v) is 2.29. The van der Waals surface area contributed by atoms with Crippen LogP contribution in [-0.2, 0) is 4.74 Å². The molecular formula is C12H15BrN2O3. The summed E-state index contributed by atoms with van der Waals surface area (Å²) in [6.45, 7) is 1.34. The maximum absolute atomic E-state index is 11.3. The molecule has 6 heteroatoms. The first-order chi connectivity index (χ1) is 8.70. The van der Waals surface area contributed by atoms with E-state index in [1.54, 1.807) is 18.2 Å². The van der Waals surface area contributed by atoms with Crippen molar-refractivity contribution in [1.29, 1.82) is 0 Å². The number of rotatable bonds is 4. The second-order valence-corrected chi connectivity index (χ2v) is 4.92. The third-order valence-electron chi connectivity index (χ3n) is 2.77. The summed E-state index contributed by atoms with van der Waals surface area (Å²) < 4.78 is 11.9. The maximum Gasteiger partial charge on any atom is 0.265 e. The largest absolute Gasteiger partial charge is 0.490 e. The summed E-state index contributed by atoms with van der Waals surface area (Å²) in [5, 5.41) is 0. The molecule has 0 bridgehead atoms. The van der Waals surface area contributed by atoms with Crippen molar-refractivity contribution in [2.75, 3.05) is 13.2 Å².